The molecule has 4 aliphatic heterocycles. The Morgan fingerprint density at radius 2 is 1.84 bits per heavy atom. The topological polar surface area (TPSA) is 135 Å². The lowest BCUT2D eigenvalue weighted by Gasteiger charge is -2.40. The molecule has 272 valence electrons. The lowest BCUT2D eigenvalue weighted by Crippen LogP contribution is -2.59. The number of rotatable bonds is 8. The Bertz CT molecular complexity index is 1680. The van der Waals surface area contributed by atoms with Crippen LogP contribution in [0.1, 0.15) is 50.3 Å². The number of aliphatic hydroxyl groups excluding tert-OH is 1. The van der Waals surface area contributed by atoms with Gasteiger partial charge in [0.15, 0.2) is 0 Å². The fraction of sp³-hybridized carbons (Fsp3) is 0.487. The second kappa shape index (κ2) is 15.3. The Morgan fingerprint density at radius 3 is 2.53 bits per heavy atom. The van der Waals surface area contributed by atoms with Gasteiger partial charge in [-0.15, -0.1) is 0 Å². The van der Waals surface area contributed by atoms with Gasteiger partial charge in [-0.05, 0) is 36.5 Å². The van der Waals surface area contributed by atoms with Crippen LogP contribution in [0.5, 0.6) is 0 Å². The number of carbonyl (C=O) groups is 4. The number of carbonyl (C=O) groups excluding carboxylic acids is 4. The van der Waals surface area contributed by atoms with Crippen molar-refractivity contribution in [3.05, 3.63) is 89.0 Å². The first-order valence-corrected chi connectivity index (χ1v) is 18.0. The molecule has 2 saturated heterocycles. The monoisotopic (exact) mass is 719 g/mol. The number of ether oxygens (including phenoxy) is 3. The lowest BCUT2D eigenvalue weighted by atomic mass is 9.74. The number of nitrogens with one attached hydrogen (secondary N) is 1. The number of benzene rings is 2. The van der Waals surface area contributed by atoms with E-state index in [0.717, 1.165) is 5.56 Å². The number of amides is 3. The quantitative estimate of drug-likeness (QED) is 0.305. The van der Waals surface area contributed by atoms with Gasteiger partial charge in [0.1, 0.15) is 23.7 Å². The van der Waals surface area contributed by atoms with Gasteiger partial charge in [0.2, 0.25) is 11.8 Å². The summed E-state index contributed by atoms with van der Waals surface area (Å²) < 4.78 is 18.4. The van der Waals surface area contributed by atoms with Gasteiger partial charge in [0.05, 0.1) is 48.0 Å². The van der Waals surface area contributed by atoms with Crippen molar-refractivity contribution in [1.82, 2.24) is 10.2 Å². The number of hydrogen-bond donors (Lipinski definition) is 2. The highest BCUT2D eigenvalue weighted by atomic mass is 35.5. The number of methoxy groups -OCH3 is 1. The summed E-state index contributed by atoms with van der Waals surface area (Å²) in [5.74, 6) is -4.30. The number of aliphatic hydroxyl groups is 1. The third kappa shape index (κ3) is 6.61. The van der Waals surface area contributed by atoms with Crippen molar-refractivity contribution >= 4 is 41.0 Å². The van der Waals surface area contributed by atoms with E-state index in [1.165, 1.54) is 16.9 Å². The van der Waals surface area contributed by atoms with Crippen LogP contribution in [-0.2, 0) is 33.4 Å². The molecule has 4 aliphatic rings. The fourth-order valence-electron chi connectivity index (χ4n) is 8.14. The van der Waals surface area contributed by atoms with E-state index in [4.69, 9.17) is 25.8 Å². The molecule has 2 fully saturated rings. The van der Waals surface area contributed by atoms with E-state index in [1.54, 1.807) is 42.5 Å². The Balaban J connectivity index is 1.51. The Morgan fingerprint density at radius 1 is 1.08 bits per heavy atom. The molecular formula is C39H46ClN3O8. The van der Waals surface area contributed by atoms with E-state index in [9.17, 15) is 19.5 Å². The zero-order valence-electron chi connectivity index (χ0n) is 29.4. The van der Waals surface area contributed by atoms with Crippen LogP contribution in [0.25, 0.3) is 0 Å². The van der Waals surface area contributed by atoms with Gasteiger partial charge in [-0.2, -0.15) is 0 Å². The molecule has 0 aromatic heterocycles. The van der Waals surface area contributed by atoms with Gasteiger partial charge >= 0.3 is 5.97 Å². The Kier molecular flexibility index (Phi) is 11.0. The predicted octanol–water partition coefficient (Wildman–Crippen LogP) is 4.30. The maximum Gasteiger partial charge on any atom is 0.313 e. The molecule has 6 rings (SSSR count). The summed E-state index contributed by atoms with van der Waals surface area (Å²) in [5, 5.41) is 14.1. The van der Waals surface area contributed by atoms with Crippen molar-refractivity contribution in [3.63, 3.8) is 0 Å². The highest BCUT2D eigenvalue weighted by Gasteiger charge is 2.74. The molecule has 1 spiro atoms. The zero-order valence-corrected chi connectivity index (χ0v) is 30.1. The largest absolute Gasteiger partial charge is 0.455 e. The van der Waals surface area contributed by atoms with E-state index in [1.807, 2.05) is 51.1 Å². The van der Waals surface area contributed by atoms with Gasteiger partial charge in [-0.3, -0.25) is 19.2 Å². The molecule has 51 heavy (non-hydrogen) atoms. The molecule has 0 radical (unpaired) electrons. The number of fused-ring (bicyclic) bond motifs is 2. The number of anilines is 1. The molecule has 2 N–H and O–H groups in total. The van der Waals surface area contributed by atoms with Crippen LogP contribution in [0.4, 0.5) is 5.69 Å². The Labute approximate surface area is 303 Å². The number of hydrogen-bond acceptors (Lipinski definition) is 8. The van der Waals surface area contributed by atoms with E-state index < -0.39 is 72.2 Å². The van der Waals surface area contributed by atoms with Crippen LogP contribution < -0.4 is 10.2 Å². The first kappa shape index (κ1) is 36.8. The number of para-hydroxylation sites is 1. The first-order valence-electron chi connectivity index (χ1n) is 17.6. The minimum atomic E-state index is -1.52. The summed E-state index contributed by atoms with van der Waals surface area (Å²) >= 11 is 6.78. The van der Waals surface area contributed by atoms with Crippen molar-refractivity contribution in [2.75, 3.05) is 31.8 Å². The molecule has 11 nitrogen and oxygen atoms in total. The molecule has 5 bridgehead atoms. The molecule has 2 aromatic rings. The van der Waals surface area contributed by atoms with Crippen LogP contribution in [0.3, 0.4) is 0 Å². The normalized spacial score (nSPS) is 31.3. The fourth-order valence-corrected chi connectivity index (χ4v) is 8.46. The lowest BCUT2D eigenvalue weighted by molar-refractivity contribution is -0.162. The number of esters is 1. The smallest absolute Gasteiger partial charge is 0.313 e. The number of halogens is 1. The zero-order chi connectivity index (χ0) is 36.4. The van der Waals surface area contributed by atoms with Gasteiger partial charge < -0.3 is 34.4 Å². The number of nitrogens with zero attached hydrogens (tertiary/aromatic N) is 2. The number of aryl methyl sites for hydroxylation is 1. The molecule has 4 heterocycles. The second-order valence-corrected chi connectivity index (χ2v) is 14.3. The summed E-state index contributed by atoms with van der Waals surface area (Å²) in [5.41, 5.74) is 0.332. The van der Waals surface area contributed by atoms with Crippen molar-refractivity contribution < 1.29 is 38.5 Å². The minimum Gasteiger partial charge on any atom is -0.455 e. The number of allylic oxidation sites excluding steroid dienone is 1. The van der Waals surface area contributed by atoms with Gasteiger partial charge in [-0.25, -0.2) is 0 Å². The maximum atomic E-state index is 15.2. The third-order valence-electron chi connectivity index (χ3n) is 10.8. The highest BCUT2D eigenvalue weighted by Crippen LogP contribution is 2.57. The van der Waals surface area contributed by atoms with Crippen LogP contribution in [0, 0.1) is 24.7 Å². The molecule has 0 aliphatic carbocycles. The molecule has 0 saturated carbocycles. The van der Waals surface area contributed by atoms with Crippen LogP contribution in [0.15, 0.2) is 72.8 Å². The maximum absolute atomic E-state index is 15.2. The number of cyclic esters (lactones) is 1. The summed E-state index contributed by atoms with van der Waals surface area (Å²) in [6.45, 7) is 5.47. The van der Waals surface area contributed by atoms with E-state index in [2.05, 4.69) is 5.32 Å². The summed E-state index contributed by atoms with van der Waals surface area (Å²) in [4.78, 5) is 60.9. The third-order valence-corrected chi connectivity index (χ3v) is 11.1. The van der Waals surface area contributed by atoms with Gasteiger partial charge in [-0.1, -0.05) is 98.6 Å². The molecule has 9 atom stereocenters. The van der Waals surface area contributed by atoms with Gasteiger partial charge in [0, 0.05) is 20.1 Å². The summed E-state index contributed by atoms with van der Waals surface area (Å²) in [7, 11) is 1.50. The van der Waals surface area contributed by atoms with E-state index >= 15 is 4.79 Å². The van der Waals surface area contributed by atoms with Crippen molar-refractivity contribution in [2.24, 2.45) is 17.8 Å². The van der Waals surface area contributed by atoms with Crippen molar-refractivity contribution in [1.29, 1.82) is 0 Å². The van der Waals surface area contributed by atoms with Crippen molar-refractivity contribution in [3.8, 4) is 0 Å². The molecule has 3 amide bonds. The van der Waals surface area contributed by atoms with E-state index in [0.29, 0.717) is 29.1 Å². The highest BCUT2D eigenvalue weighted by molar-refractivity contribution is 6.34. The average molecular weight is 720 g/mol. The molecular weight excluding hydrogens is 674 g/mol. The minimum absolute atomic E-state index is 0.0504. The van der Waals surface area contributed by atoms with Crippen LogP contribution >= 0.6 is 11.6 Å². The first-order chi connectivity index (χ1) is 24.6. The molecule has 0 unspecified atom stereocenters. The predicted molar refractivity (Wildman–Crippen MR) is 191 cm³/mol. The van der Waals surface area contributed by atoms with E-state index in [-0.39, 0.29) is 31.4 Å². The second-order valence-electron chi connectivity index (χ2n) is 13.8. The van der Waals surface area contributed by atoms with Crippen LogP contribution in [0.2, 0.25) is 5.02 Å². The molecule has 12 heteroatoms. The van der Waals surface area contributed by atoms with Gasteiger partial charge in [0.25, 0.3) is 5.91 Å². The summed E-state index contributed by atoms with van der Waals surface area (Å²) in [6.07, 6.45) is 6.41. The standard InChI is InChI=1S/C39H46ClN3O8/c1-5-23(2)28(21-44)43-35-37(47)42(33-24(3)13-12-16-26(33)40)20-11-7-10-17-30(45)41-27(22-49-4)34(25-14-8-6-9-15-25)50-38(48)31-29-18-19-39(35,51-29)32(31)36(43)46/h6-9,11-16,18-19,23,27-29,31-32,34-35,44H,5,10,17,20-22H2,1-4H3,(H,41,45)/b11-7-/t23-,27+,28-,29-,31+,32+,34+,35-,39+/m0/s1. The van der Waals surface area contributed by atoms with Crippen LogP contribution in [-0.4, -0.2) is 90.4 Å². The SMILES string of the molecule is CC[C@H](C)[C@H](CO)N1C(=O)[C@H]2[C@@H]3C(=O)O[C@H](c4ccccc4)[C@@H](COC)NC(=O)CC/C=C\CN(c4c(C)cccc4Cl)C(=O)[C@H]1[C@@]21C=C[C@@H]3O1. The summed E-state index contributed by atoms with van der Waals surface area (Å²) in [6, 6.07) is 11.7. The number of likely N-dealkylation sites (tertiary alicyclic amines) is 1. The average Bonchev–Trinajstić information content (AvgIpc) is 3.77. The Hall–Kier alpha value is -4.03. The molecule has 2 aromatic carbocycles. The van der Waals surface area contributed by atoms with Crippen molar-refractivity contribution in [2.45, 2.75) is 76.0 Å².